The molecular formula is C18H20N3O3-. The molecule has 126 valence electrons. The van der Waals surface area contributed by atoms with Crippen LogP contribution >= 0.6 is 0 Å². The van der Waals surface area contributed by atoms with Gasteiger partial charge in [0.2, 0.25) is 0 Å². The molecule has 0 saturated carbocycles. The minimum Gasteiger partial charge on any atom is -0.733 e. The van der Waals surface area contributed by atoms with E-state index in [-0.39, 0.29) is 16.5 Å². The third kappa shape index (κ3) is 2.84. The lowest BCUT2D eigenvalue weighted by molar-refractivity contribution is 0.114. The first-order valence-corrected chi connectivity index (χ1v) is 8.27. The maximum absolute atomic E-state index is 12.1. The molecule has 1 fully saturated rings. The molecule has 4 rings (SSSR count). The van der Waals surface area contributed by atoms with Crippen molar-refractivity contribution >= 4 is 5.69 Å². The number of anilines is 1. The van der Waals surface area contributed by atoms with Gasteiger partial charge in [-0.05, 0) is 36.1 Å². The summed E-state index contributed by atoms with van der Waals surface area (Å²) in [6.45, 7) is 3.54. The van der Waals surface area contributed by atoms with Crippen LogP contribution in [0.5, 0.6) is 0 Å². The zero-order valence-corrected chi connectivity index (χ0v) is 13.3. The lowest BCUT2D eigenvalue weighted by atomic mass is 9.83. The van der Waals surface area contributed by atoms with Crippen LogP contribution in [0.3, 0.4) is 0 Å². The van der Waals surface area contributed by atoms with E-state index in [0.29, 0.717) is 11.8 Å². The van der Waals surface area contributed by atoms with Crippen LogP contribution in [-0.2, 0) is 13.1 Å². The molecule has 3 heterocycles. The predicted molar refractivity (Wildman–Crippen MR) is 90.9 cm³/mol. The fourth-order valence-corrected chi connectivity index (χ4v) is 4.11. The van der Waals surface area contributed by atoms with Gasteiger partial charge in [0.05, 0.1) is 5.69 Å². The molecule has 1 aromatic heterocycles. The van der Waals surface area contributed by atoms with Crippen LogP contribution in [0.4, 0.5) is 5.69 Å². The molecule has 0 aliphatic carbocycles. The highest BCUT2D eigenvalue weighted by molar-refractivity contribution is 5.45. The number of pyridine rings is 1. The summed E-state index contributed by atoms with van der Waals surface area (Å²) >= 11 is 0. The molecule has 6 heteroatoms. The van der Waals surface area contributed by atoms with Crippen LogP contribution in [0.15, 0.2) is 47.3 Å². The van der Waals surface area contributed by atoms with Crippen LogP contribution in [0.1, 0.15) is 23.6 Å². The quantitative estimate of drug-likeness (QED) is 0.875. The summed E-state index contributed by atoms with van der Waals surface area (Å²) in [4.78, 5) is 14.5. The smallest absolute Gasteiger partial charge is 0.250 e. The summed E-state index contributed by atoms with van der Waals surface area (Å²) < 4.78 is 1.94. The maximum atomic E-state index is 12.1. The fourth-order valence-electron chi connectivity index (χ4n) is 4.11. The van der Waals surface area contributed by atoms with Crippen molar-refractivity contribution in [1.82, 2.24) is 9.47 Å². The first kappa shape index (κ1) is 15.4. The van der Waals surface area contributed by atoms with Crippen LogP contribution < -0.4 is 10.8 Å². The van der Waals surface area contributed by atoms with E-state index >= 15 is 0 Å². The average Bonchev–Trinajstić information content (AvgIpc) is 2.56. The molecular weight excluding hydrogens is 306 g/mol. The van der Waals surface area contributed by atoms with E-state index in [4.69, 9.17) is 5.21 Å². The lowest BCUT2D eigenvalue weighted by Gasteiger charge is -2.42. The molecule has 2 bridgehead atoms. The van der Waals surface area contributed by atoms with E-state index in [0.717, 1.165) is 43.9 Å². The molecule has 1 aromatic carbocycles. The normalized spacial score (nSPS) is 22.9. The van der Waals surface area contributed by atoms with Crippen LogP contribution in [-0.4, -0.2) is 27.8 Å². The second kappa shape index (κ2) is 6.05. The maximum Gasteiger partial charge on any atom is 0.250 e. The molecule has 2 atom stereocenters. The van der Waals surface area contributed by atoms with Crippen molar-refractivity contribution in [3.05, 3.63) is 69.3 Å². The third-order valence-electron chi connectivity index (χ3n) is 5.12. The van der Waals surface area contributed by atoms with E-state index in [1.54, 1.807) is 18.2 Å². The van der Waals surface area contributed by atoms with E-state index in [1.165, 1.54) is 0 Å². The van der Waals surface area contributed by atoms with E-state index in [9.17, 15) is 10.0 Å². The Kier molecular flexibility index (Phi) is 3.88. The van der Waals surface area contributed by atoms with Gasteiger partial charge < -0.3 is 15.0 Å². The monoisotopic (exact) mass is 326 g/mol. The first-order valence-electron chi connectivity index (χ1n) is 8.27. The highest BCUT2D eigenvalue weighted by Gasteiger charge is 2.34. The Hall–Kier alpha value is -2.15. The van der Waals surface area contributed by atoms with Crippen LogP contribution in [0.25, 0.3) is 0 Å². The van der Waals surface area contributed by atoms with Gasteiger partial charge in [0.25, 0.3) is 5.56 Å². The van der Waals surface area contributed by atoms with Crippen LogP contribution in [0.2, 0.25) is 0 Å². The molecule has 2 aromatic rings. The summed E-state index contributed by atoms with van der Waals surface area (Å²) in [5, 5.41) is 19.6. The molecule has 0 unspecified atom stereocenters. The Morgan fingerprint density at radius 2 is 1.92 bits per heavy atom. The predicted octanol–water partition coefficient (Wildman–Crippen LogP) is 2.16. The van der Waals surface area contributed by atoms with Crippen molar-refractivity contribution in [3.8, 4) is 0 Å². The molecule has 0 amide bonds. The largest absolute Gasteiger partial charge is 0.733 e. The van der Waals surface area contributed by atoms with Crippen molar-refractivity contribution in [1.29, 1.82) is 0 Å². The zero-order chi connectivity index (χ0) is 16.7. The topological polar surface area (TPSA) is 71.8 Å². The number of hydrogen-bond acceptors (Lipinski definition) is 5. The second-order valence-electron chi connectivity index (χ2n) is 6.83. The minimum atomic E-state index is -0.121. The number of aromatic nitrogens is 1. The average molecular weight is 326 g/mol. The molecule has 0 radical (unpaired) electrons. The molecule has 2 aliphatic heterocycles. The second-order valence-corrected chi connectivity index (χ2v) is 6.83. The number of rotatable bonds is 3. The van der Waals surface area contributed by atoms with Gasteiger partial charge in [-0.2, -0.15) is 0 Å². The Labute approximate surface area is 140 Å². The molecule has 1 N–H and O–H groups in total. The third-order valence-corrected chi connectivity index (χ3v) is 5.12. The molecule has 24 heavy (non-hydrogen) atoms. The Bertz CT molecular complexity index is 785. The summed E-state index contributed by atoms with van der Waals surface area (Å²) in [7, 11) is 0. The highest BCUT2D eigenvalue weighted by Crippen LogP contribution is 2.35. The van der Waals surface area contributed by atoms with E-state index < -0.39 is 0 Å². The summed E-state index contributed by atoms with van der Waals surface area (Å²) in [6, 6.07) is 12.6. The highest BCUT2D eigenvalue weighted by atomic mass is 16.8. The number of hydrogen-bond donors (Lipinski definition) is 1. The van der Waals surface area contributed by atoms with Crippen molar-refractivity contribution < 1.29 is 5.21 Å². The summed E-state index contributed by atoms with van der Waals surface area (Å²) in [6.07, 6.45) is 1.15. The SMILES string of the molecule is O=c1cccc2n1C[C@H]1C[C@H]2CN(Cc2ccc(N([O-])O)cc2)C1. The summed E-state index contributed by atoms with van der Waals surface area (Å²) in [5.74, 6) is 0.908. The number of piperidine rings is 1. The van der Waals surface area contributed by atoms with Crippen molar-refractivity contribution in [2.24, 2.45) is 5.92 Å². The number of benzene rings is 1. The number of fused-ring (bicyclic) bond motifs is 4. The van der Waals surface area contributed by atoms with Crippen LogP contribution in [0, 0.1) is 11.1 Å². The fraction of sp³-hybridized carbons (Fsp3) is 0.389. The lowest BCUT2D eigenvalue weighted by Crippen LogP contribution is -2.46. The van der Waals surface area contributed by atoms with Gasteiger partial charge in [-0.1, -0.05) is 18.2 Å². The standard InChI is InChI=1S/C18H20N3O3/c22-18-3-1-2-17-15-8-14(11-20(17)18)10-19(12-15)9-13-4-6-16(7-5-13)21(23)24/h1-7,14-15,23H,8-12H2/q-1/t14-,15-/m0/s1. The Morgan fingerprint density at radius 1 is 1.12 bits per heavy atom. The number of nitrogens with zero attached hydrogens (tertiary/aromatic N) is 3. The molecule has 0 spiro atoms. The van der Waals surface area contributed by atoms with Gasteiger partial charge in [-0.15, -0.1) is 0 Å². The van der Waals surface area contributed by atoms with E-state index in [2.05, 4.69) is 11.0 Å². The molecule has 1 saturated heterocycles. The van der Waals surface area contributed by atoms with Crippen molar-refractivity contribution in [2.45, 2.75) is 25.4 Å². The first-order chi connectivity index (χ1) is 11.6. The van der Waals surface area contributed by atoms with Gasteiger partial charge in [-0.3, -0.25) is 14.9 Å². The van der Waals surface area contributed by atoms with E-state index in [1.807, 2.05) is 22.8 Å². The van der Waals surface area contributed by atoms with Gasteiger partial charge in [0.1, 0.15) is 0 Å². The van der Waals surface area contributed by atoms with Crippen molar-refractivity contribution in [3.63, 3.8) is 0 Å². The van der Waals surface area contributed by atoms with Gasteiger partial charge in [-0.25, -0.2) is 0 Å². The van der Waals surface area contributed by atoms with Gasteiger partial charge in [0.15, 0.2) is 0 Å². The van der Waals surface area contributed by atoms with Gasteiger partial charge >= 0.3 is 0 Å². The minimum absolute atomic E-state index is 0.109. The van der Waals surface area contributed by atoms with Gasteiger partial charge in [0, 0.05) is 43.9 Å². The Balaban J connectivity index is 1.51. The molecule has 2 aliphatic rings. The zero-order valence-electron chi connectivity index (χ0n) is 13.3. The van der Waals surface area contributed by atoms with Crippen molar-refractivity contribution in [2.75, 3.05) is 18.3 Å². The Morgan fingerprint density at radius 3 is 2.67 bits per heavy atom. The molecule has 6 nitrogen and oxygen atoms in total. The summed E-state index contributed by atoms with van der Waals surface area (Å²) in [5.41, 5.74) is 2.62. The number of likely N-dealkylation sites (tertiary alicyclic amines) is 1.